The number of nitrogens with one attached hydrogen (secondary N) is 1. The van der Waals surface area contributed by atoms with Gasteiger partial charge in [-0.15, -0.1) is 0 Å². The number of hydrogen-bond acceptors (Lipinski definition) is 1. The van der Waals surface area contributed by atoms with E-state index in [4.69, 9.17) is 11.8 Å². The Morgan fingerprint density at radius 3 is 2.18 bits per heavy atom. The maximum Gasteiger partial charge on any atom is 0.0770 e. The average molecular weight is 154 g/mol. The van der Waals surface area contributed by atoms with Crippen LogP contribution in [0.5, 0.6) is 0 Å². The molecule has 0 amide bonds. The molecule has 1 saturated heterocycles. The Labute approximate surface area is 69.8 Å². The molecule has 0 aliphatic carbocycles. The fourth-order valence-electron chi connectivity index (χ4n) is 1.66. The lowest BCUT2D eigenvalue weighted by molar-refractivity contribution is -0.904. The van der Waals surface area contributed by atoms with Gasteiger partial charge in [0.05, 0.1) is 19.6 Å². The van der Waals surface area contributed by atoms with Gasteiger partial charge in [0.1, 0.15) is 0 Å². The van der Waals surface area contributed by atoms with Crippen LogP contribution in [0.1, 0.15) is 32.6 Å². The Morgan fingerprint density at radius 2 is 1.73 bits per heavy atom. The Balaban J connectivity index is 0.000000461. The highest BCUT2D eigenvalue weighted by Gasteiger charge is 2.10. The van der Waals surface area contributed by atoms with Gasteiger partial charge in [-0.1, -0.05) is 6.92 Å². The van der Waals surface area contributed by atoms with Gasteiger partial charge in [-0.05, 0) is 25.7 Å². The van der Waals surface area contributed by atoms with Crippen LogP contribution in [-0.4, -0.2) is 19.6 Å². The second-order valence-electron chi connectivity index (χ2n) is 3.06. The highest BCUT2D eigenvalue weighted by Crippen LogP contribution is 1.94. The quantitative estimate of drug-likeness (QED) is 0.578. The number of rotatable bonds is 2. The minimum Gasteiger partial charge on any atom is -0.512 e. The first-order valence-corrected chi connectivity index (χ1v) is 4.49. The molecule has 1 aliphatic rings. The van der Waals surface area contributed by atoms with E-state index in [9.17, 15) is 0 Å². The molecule has 1 heterocycles. The maximum absolute atomic E-state index is 6.25. The van der Waals surface area contributed by atoms with Crippen molar-refractivity contribution in [3.8, 4) is 0 Å². The smallest absolute Gasteiger partial charge is 0.0770 e. The van der Waals surface area contributed by atoms with Gasteiger partial charge in [0.2, 0.25) is 0 Å². The summed E-state index contributed by atoms with van der Waals surface area (Å²) in [7, 11) is 0. The highest BCUT2D eigenvalue weighted by atomic mass is 15.1. The lowest BCUT2D eigenvalue weighted by Crippen LogP contribution is -3.12. The molecular formula is C9H18N2. The second-order valence-corrected chi connectivity index (χ2v) is 3.06. The van der Waals surface area contributed by atoms with Gasteiger partial charge in [-0.3, -0.25) is 0 Å². The van der Waals surface area contributed by atoms with Crippen molar-refractivity contribution in [3.63, 3.8) is 0 Å². The van der Waals surface area contributed by atoms with E-state index in [1.165, 1.54) is 45.3 Å². The summed E-state index contributed by atoms with van der Waals surface area (Å²) in [6.45, 7) is 11.3. The summed E-state index contributed by atoms with van der Waals surface area (Å²) in [6, 6.07) is 0. The molecule has 0 saturated carbocycles. The summed E-state index contributed by atoms with van der Waals surface area (Å²) in [6.07, 6.45) is 5.77. The zero-order valence-electron chi connectivity index (χ0n) is 7.40. The Hall–Kier alpha value is -0.550. The molecule has 1 N–H and O–H groups in total. The molecule has 11 heavy (non-hydrogen) atoms. The van der Waals surface area contributed by atoms with Crippen molar-refractivity contribution in [2.75, 3.05) is 19.6 Å². The van der Waals surface area contributed by atoms with Crippen molar-refractivity contribution in [1.29, 1.82) is 5.26 Å². The van der Waals surface area contributed by atoms with Crippen molar-refractivity contribution in [2.24, 2.45) is 0 Å². The third-order valence-electron chi connectivity index (χ3n) is 2.16. The van der Waals surface area contributed by atoms with Gasteiger partial charge in [-0.2, -0.15) is 0 Å². The van der Waals surface area contributed by atoms with Crippen molar-refractivity contribution in [1.82, 2.24) is 0 Å². The molecular weight excluding hydrogens is 136 g/mol. The normalized spacial score (nSPS) is 18.5. The van der Waals surface area contributed by atoms with Gasteiger partial charge in [0.15, 0.2) is 0 Å². The number of piperidine rings is 1. The maximum atomic E-state index is 6.25. The summed E-state index contributed by atoms with van der Waals surface area (Å²) in [5.41, 5.74) is 0. The van der Waals surface area contributed by atoms with E-state index in [2.05, 4.69) is 6.92 Å². The molecule has 0 radical (unpaired) electrons. The molecule has 1 fully saturated rings. The van der Waals surface area contributed by atoms with E-state index in [1.54, 1.807) is 0 Å². The topological polar surface area (TPSA) is 28.2 Å². The fraction of sp³-hybridized carbons (Fsp3) is 0.889. The van der Waals surface area contributed by atoms with Crippen molar-refractivity contribution >= 4 is 0 Å². The zero-order chi connectivity index (χ0) is 8.53. The third-order valence-corrected chi connectivity index (χ3v) is 2.16. The first-order chi connectivity index (χ1) is 5.43. The minimum absolute atomic E-state index is 1.36. The van der Waals surface area contributed by atoms with Crippen LogP contribution >= 0.6 is 0 Å². The van der Waals surface area contributed by atoms with Crippen LogP contribution in [0.2, 0.25) is 0 Å². The van der Waals surface area contributed by atoms with E-state index in [-0.39, 0.29) is 0 Å². The zero-order valence-corrected chi connectivity index (χ0v) is 7.40. The number of nitrogens with zero attached hydrogens (tertiary/aromatic N) is 1. The standard InChI is InChI=1S/C8H17N.CN/c1-2-6-9-7-4-3-5-8-9;1-2/h2-8H2,1H3;/q;-1/p+1. The SMILES string of the molecule is CCC[NH+]1CCCCC1.[C-]#N. The molecule has 0 aromatic heterocycles. The molecule has 64 valence electrons. The lowest BCUT2D eigenvalue weighted by atomic mass is 10.1. The van der Waals surface area contributed by atoms with Gasteiger partial charge in [0.25, 0.3) is 0 Å². The van der Waals surface area contributed by atoms with Crippen LogP contribution in [0.25, 0.3) is 0 Å². The molecule has 1 aliphatic heterocycles. The lowest BCUT2D eigenvalue weighted by Gasteiger charge is -2.22. The first kappa shape index (κ1) is 10.4. The second kappa shape index (κ2) is 7.56. The Bertz CT molecular complexity index is 90.2. The van der Waals surface area contributed by atoms with E-state index in [0.29, 0.717) is 0 Å². The molecule has 0 atom stereocenters. The fourth-order valence-corrected chi connectivity index (χ4v) is 1.66. The first-order valence-electron chi connectivity index (χ1n) is 4.49. The number of quaternary nitrogens is 1. The minimum atomic E-state index is 1.36. The Morgan fingerprint density at radius 1 is 1.18 bits per heavy atom. The van der Waals surface area contributed by atoms with E-state index in [1.807, 2.05) is 4.90 Å². The number of likely N-dealkylation sites (tertiary alicyclic amines) is 1. The predicted octanol–water partition coefficient (Wildman–Crippen LogP) is 0.562. The number of hydrogen-bond donors (Lipinski definition) is 1. The van der Waals surface area contributed by atoms with Crippen LogP contribution in [0.4, 0.5) is 0 Å². The summed E-state index contributed by atoms with van der Waals surface area (Å²) in [4.78, 5) is 1.84. The molecule has 2 nitrogen and oxygen atoms in total. The molecule has 0 bridgehead atoms. The summed E-state index contributed by atoms with van der Waals surface area (Å²) in [5, 5.41) is 6.25. The molecule has 2 heteroatoms. The van der Waals surface area contributed by atoms with Crippen LogP contribution in [-0.2, 0) is 0 Å². The highest BCUT2D eigenvalue weighted by molar-refractivity contribution is 4.45. The molecule has 0 aromatic rings. The summed E-state index contributed by atoms with van der Waals surface area (Å²) in [5.74, 6) is 0. The van der Waals surface area contributed by atoms with Crippen LogP contribution in [0.3, 0.4) is 0 Å². The molecule has 0 spiro atoms. The van der Waals surface area contributed by atoms with Gasteiger partial charge >= 0.3 is 0 Å². The molecule has 0 unspecified atom stereocenters. The summed E-state index contributed by atoms with van der Waals surface area (Å²) >= 11 is 0. The molecule has 0 aromatic carbocycles. The van der Waals surface area contributed by atoms with Gasteiger partial charge < -0.3 is 16.7 Å². The monoisotopic (exact) mass is 154 g/mol. The largest absolute Gasteiger partial charge is 0.512 e. The van der Waals surface area contributed by atoms with E-state index in [0.717, 1.165) is 0 Å². The Kier molecular flexibility index (Phi) is 7.18. The van der Waals surface area contributed by atoms with Crippen molar-refractivity contribution in [3.05, 3.63) is 6.57 Å². The van der Waals surface area contributed by atoms with Crippen LogP contribution < -0.4 is 4.90 Å². The summed E-state index contributed by atoms with van der Waals surface area (Å²) < 4.78 is 0. The van der Waals surface area contributed by atoms with Gasteiger partial charge in [0, 0.05) is 0 Å². The predicted molar refractivity (Wildman–Crippen MR) is 44.7 cm³/mol. The van der Waals surface area contributed by atoms with E-state index >= 15 is 0 Å². The third kappa shape index (κ3) is 4.80. The van der Waals surface area contributed by atoms with E-state index < -0.39 is 0 Å². The van der Waals surface area contributed by atoms with Crippen molar-refractivity contribution in [2.45, 2.75) is 32.6 Å². The van der Waals surface area contributed by atoms with Crippen molar-refractivity contribution < 1.29 is 4.90 Å². The average Bonchev–Trinajstić information content (AvgIpc) is 2.11. The van der Waals surface area contributed by atoms with Gasteiger partial charge in [-0.25, -0.2) is 0 Å². The van der Waals surface area contributed by atoms with Crippen LogP contribution in [0.15, 0.2) is 0 Å². The molecule has 1 rings (SSSR count). The van der Waals surface area contributed by atoms with Crippen LogP contribution in [0, 0.1) is 11.8 Å².